The molecule has 0 radical (unpaired) electrons. The fourth-order valence-electron chi connectivity index (χ4n) is 1.65. The maximum Gasteiger partial charge on any atom is 0.166 e. The van der Waals surface area contributed by atoms with E-state index in [0.29, 0.717) is 36.0 Å². The molecule has 5 heteroatoms. The van der Waals surface area contributed by atoms with Gasteiger partial charge in [-0.3, -0.25) is 0 Å². The van der Waals surface area contributed by atoms with Crippen molar-refractivity contribution in [2.75, 3.05) is 26.9 Å². The van der Waals surface area contributed by atoms with Gasteiger partial charge in [0, 0.05) is 11.6 Å². The van der Waals surface area contributed by atoms with Gasteiger partial charge in [0.05, 0.1) is 19.8 Å². The number of fused-ring (bicyclic) bond motifs is 1. The Bertz CT molecular complexity index is 380. The predicted octanol–water partition coefficient (Wildman–Crippen LogP) is 0.459. The van der Waals surface area contributed by atoms with Gasteiger partial charge in [0.15, 0.2) is 11.5 Å². The fraction of sp³-hybridized carbons (Fsp3) is 0.455. The van der Waals surface area contributed by atoms with E-state index >= 15 is 0 Å². The van der Waals surface area contributed by atoms with Crippen molar-refractivity contribution in [1.29, 1.82) is 0 Å². The van der Waals surface area contributed by atoms with Crippen molar-refractivity contribution >= 4 is 0 Å². The van der Waals surface area contributed by atoms with E-state index in [1.807, 2.05) is 0 Å². The molecule has 0 aliphatic carbocycles. The van der Waals surface area contributed by atoms with Gasteiger partial charge in [-0.2, -0.15) is 0 Å². The molecule has 88 valence electrons. The van der Waals surface area contributed by atoms with Gasteiger partial charge >= 0.3 is 0 Å². The van der Waals surface area contributed by atoms with Crippen LogP contribution in [0.1, 0.15) is 11.6 Å². The summed E-state index contributed by atoms with van der Waals surface area (Å²) in [5, 5.41) is 9.09. The molecule has 16 heavy (non-hydrogen) atoms. The first-order chi connectivity index (χ1) is 7.76. The summed E-state index contributed by atoms with van der Waals surface area (Å²) in [6, 6.07) is 3.02. The lowest BCUT2D eigenvalue weighted by Gasteiger charge is -2.23. The highest BCUT2D eigenvalue weighted by Gasteiger charge is 2.21. The summed E-state index contributed by atoms with van der Waals surface area (Å²) in [7, 11) is 1.57. The number of hydrogen-bond acceptors (Lipinski definition) is 5. The van der Waals surface area contributed by atoms with Crippen LogP contribution < -0.4 is 19.9 Å². The maximum absolute atomic E-state index is 9.09. The topological polar surface area (TPSA) is 73.9 Å². The summed E-state index contributed by atoms with van der Waals surface area (Å²) in [6.45, 7) is 0.849. The Morgan fingerprint density at radius 3 is 2.88 bits per heavy atom. The first kappa shape index (κ1) is 11.0. The highest BCUT2D eigenvalue weighted by Crippen LogP contribution is 2.39. The quantitative estimate of drug-likeness (QED) is 0.781. The first-order valence-electron chi connectivity index (χ1n) is 5.10. The van der Waals surface area contributed by atoms with Crippen LogP contribution in [-0.4, -0.2) is 32.0 Å². The molecule has 1 heterocycles. The normalized spacial score (nSPS) is 15.7. The molecule has 0 spiro atoms. The molecule has 0 saturated carbocycles. The standard InChI is InChI=1S/C11H15NO4/c1-14-7-4-8(9(12)6-13)11-10(5-7)15-2-3-16-11/h4-5,9,13H,2-3,6,12H2,1H3. The molecular formula is C11H15NO4. The van der Waals surface area contributed by atoms with Crippen LogP contribution in [0.2, 0.25) is 0 Å². The summed E-state index contributed by atoms with van der Waals surface area (Å²) in [5.74, 6) is 1.86. The second-order valence-corrected chi connectivity index (χ2v) is 3.53. The van der Waals surface area contributed by atoms with Gasteiger partial charge in [-0.1, -0.05) is 0 Å². The SMILES string of the molecule is COc1cc2c(c(C(N)CO)c1)OCCO2. The zero-order chi connectivity index (χ0) is 11.5. The Hall–Kier alpha value is -1.46. The molecule has 1 aromatic rings. The third-order valence-electron chi connectivity index (χ3n) is 2.48. The Kier molecular flexibility index (Phi) is 3.17. The van der Waals surface area contributed by atoms with Gasteiger partial charge in [0.1, 0.15) is 19.0 Å². The van der Waals surface area contributed by atoms with E-state index in [0.717, 1.165) is 0 Å². The third kappa shape index (κ3) is 1.91. The number of ether oxygens (including phenoxy) is 3. The van der Waals surface area contributed by atoms with Gasteiger partial charge < -0.3 is 25.1 Å². The number of aliphatic hydroxyl groups excluding tert-OH is 1. The highest BCUT2D eigenvalue weighted by molar-refractivity contribution is 5.53. The van der Waals surface area contributed by atoms with E-state index in [9.17, 15) is 0 Å². The van der Waals surface area contributed by atoms with Crippen molar-refractivity contribution in [3.8, 4) is 17.2 Å². The molecule has 1 aliphatic heterocycles. The lowest BCUT2D eigenvalue weighted by Crippen LogP contribution is -2.21. The van der Waals surface area contributed by atoms with Gasteiger partial charge in [-0.15, -0.1) is 0 Å². The Balaban J connectivity index is 2.47. The van der Waals surface area contributed by atoms with E-state index in [4.69, 9.17) is 25.1 Å². The Morgan fingerprint density at radius 2 is 2.19 bits per heavy atom. The Labute approximate surface area is 93.7 Å². The molecule has 2 rings (SSSR count). The van der Waals surface area contributed by atoms with Crippen LogP contribution in [0.3, 0.4) is 0 Å². The number of benzene rings is 1. The molecule has 0 saturated heterocycles. The molecule has 1 aromatic carbocycles. The van der Waals surface area contributed by atoms with Crippen LogP contribution in [-0.2, 0) is 0 Å². The van der Waals surface area contributed by atoms with Crippen molar-refractivity contribution < 1.29 is 19.3 Å². The third-order valence-corrected chi connectivity index (χ3v) is 2.48. The monoisotopic (exact) mass is 225 g/mol. The average Bonchev–Trinajstić information content (AvgIpc) is 2.36. The maximum atomic E-state index is 9.09. The van der Waals surface area contributed by atoms with Crippen LogP contribution in [0.25, 0.3) is 0 Å². The van der Waals surface area contributed by atoms with Crippen molar-refractivity contribution in [2.24, 2.45) is 5.73 Å². The van der Waals surface area contributed by atoms with Gasteiger partial charge in [-0.25, -0.2) is 0 Å². The van der Waals surface area contributed by atoms with Gasteiger partial charge in [-0.05, 0) is 6.07 Å². The molecule has 0 aromatic heterocycles. The van der Waals surface area contributed by atoms with E-state index in [1.54, 1.807) is 19.2 Å². The van der Waals surface area contributed by atoms with E-state index in [2.05, 4.69) is 0 Å². The molecule has 0 amide bonds. The largest absolute Gasteiger partial charge is 0.497 e. The first-order valence-corrected chi connectivity index (χ1v) is 5.10. The van der Waals surface area contributed by atoms with Crippen molar-refractivity contribution in [3.63, 3.8) is 0 Å². The summed E-state index contributed by atoms with van der Waals surface area (Å²) in [6.07, 6.45) is 0. The predicted molar refractivity (Wildman–Crippen MR) is 58.0 cm³/mol. The number of aliphatic hydroxyl groups is 1. The zero-order valence-electron chi connectivity index (χ0n) is 9.10. The number of hydrogen-bond donors (Lipinski definition) is 2. The number of methoxy groups -OCH3 is 1. The zero-order valence-corrected chi connectivity index (χ0v) is 9.10. The molecule has 1 unspecified atom stereocenters. The number of nitrogens with two attached hydrogens (primary N) is 1. The molecule has 1 atom stereocenters. The van der Waals surface area contributed by atoms with Crippen LogP contribution >= 0.6 is 0 Å². The molecule has 0 fully saturated rings. The minimum atomic E-state index is -0.495. The molecule has 0 bridgehead atoms. The van der Waals surface area contributed by atoms with Crippen molar-refractivity contribution in [3.05, 3.63) is 17.7 Å². The lowest BCUT2D eigenvalue weighted by atomic mass is 10.1. The van der Waals surface area contributed by atoms with Crippen molar-refractivity contribution in [2.45, 2.75) is 6.04 Å². The van der Waals surface area contributed by atoms with Crippen LogP contribution in [0.15, 0.2) is 12.1 Å². The average molecular weight is 225 g/mol. The minimum absolute atomic E-state index is 0.150. The summed E-state index contributed by atoms with van der Waals surface area (Å²) < 4.78 is 16.1. The van der Waals surface area contributed by atoms with Crippen molar-refractivity contribution in [1.82, 2.24) is 0 Å². The van der Waals surface area contributed by atoms with Gasteiger partial charge in [0.25, 0.3) is 0 Å². The second kappa shape index (κ2) is 4.59. The highest BCUT2D eigenvalue weighted by atomic mass is 16.6. The molecule has 3 N–H and O–H groups in total. The van der Waals surface area contributed by atoms with E-state index in [1.165, 1.54) is 0 Å². The van der Waals surface area contributed by atoms with Crippen LogP contribution in [0.5, 0.6) is 17.2 Å². The van der Waals surface area contributed by atoms with Crippen LogP contribution in [0, 0.1) is 0 Å². The van der Waals surface area contributed by atoms with Crippen LogP contribution in [0.4, 0.5) is 0 Å². The summed E-state index contributed by atoms with van der Waals surface area (Å²) in [4.78, 5) is 0. The molecule has 1 aliphatic rings. The lowest BCUT2D eigenvalue weighted by molar-refractivity contribution is 0.166. The summed E-state index contributed by atoms with van der Waals surface area (Å²) >= 11 is 0. The van der Waals surface area contributed by atoms with E-state index < -0.39 is 6.04 Å². The number of rotatable bonds is 3. The second-order valence-electron chi connectivity index (χ2n) is 3.53. The van der Waals surface area contributed by atoms with Gasteiger partial charge in [0.2, 0.25) is 0 Å². The molecule has 5 nitrogen and oxygen atoms in total. The molecular weight excluding hydrogens is 210 g/mol. The van der Waals surface area contributed by atoms with E-state index in [-0.39, 0.29) is 6.61 Å². The Morgan fingerprint density at radius 1 is 1.44 bits per heavy atom. The summed E-state index contributed by atoms with van der Waals surface area (Å²) in [5.41, 5.74) is 6.51. The fourth-order valence-corrected chi connectivity index (χ4v) is 1.65. The smallest absolute Gasteiger partial charge is 0.166 e. The minimum Gasteiger partial charge on any atom is -0.497 e.